The van der Waals surface area contributed by atoms with Gasteiger partial charge in [-0.05, 0) is 18.2 Å². The number of quaternary nitrogens is 2. The van der Waals surface area contributed by atoms with E-state index in [1.807, 2.05) is 6.07 Å². The molecule has 0 spiro atoms. The summed E-state index contributed by atoms with van der Waals surface area (Å²) in [6, 6.07) is 17.2. The van der Waals surface area contributed by atoms with Gasteiger partial charge < -0.3 is 9.80 Å². The zero-order chi connectivity index (χ0) is 18.8. The van der Waals surface area contributed by atoms with Gasteiger partial charge in [-0.2, -0.15) is 0 Å². The highest BCUT2D eigenvalue weighted by molar-refractivity contribution is 6.31. The number of nitrogens with zero attached hydrogens (tertiary/aromatic N) is 1. The molecule has 2 aliphatic rings. The molecule has 0 unspecified atom stereocenters. The first kappa shape index (κ1) is 18.2. The molecule has 1 atom stereocenters. The minimum absolute atomic E-state index is 0.0937. The van der Waals surface area contributed by atoms with Crippen molar-refractivity contribution < 1.29 is 19.4 Å². The molecule has 0 aromatic heterocycles. The number of benzene rings is 2. The quantitative estimate of drug-likeness (QED) is 0.725. The number of amides is 2. The highest BCUT2D eigenvalue weighted by atomic mass is 35.5. The number of nitrogens with one attached hydrogen (secondary N) is 2. The van der Waals surface area contributed by atoms with Crippen LogP contribution in [0.5, 0.6) is 0 Å². The number of hydrogen-bond donors (Lipinski definition) is 2. The lowest BCUT2D eigenvalue weighted by Crippen LogP contribution is -3.29. The summed E-state index contributed by atoms with van der Waals surface area (Å²) in [7, 11) is 0. The Labute approximate surface area is 164 Å². The molecule has 2 N–H and O–H groups in total. The molecule has 2 aromatic rings. The number of halogens is 1. The Bertz CT molecular complexity index is 834. The van der Waals surface area contributed by atoms with Gasteiger partial charge in [-0.15, -0.1) is 0 Å². The zero-order valence-corrected chi connectivity index (χ0v) is 15.9. The van der Waals surface area contributed by atoms with E-state index < -0.39 is 0 Å². The molecule has 5 nitrogen and oxygen atoms in total. The van der Waals surface area contributed by atoms with Crippen molar-refractivity contribution in [3.8, 4) is 0 Å². The van der Waals surface area contributed by atoms with Crippen LogP contribution in [0.2, 0.25) is 5.02 Å². The summed E-state index contributed by atoms with van der Waals surface area (Å²) in [6.07, 6.45) is 0.286. The number of rotatable bonds is 4. The van der Waals surface area contributed by atoms with Crippen molar-refractivity contribution in [3.63, 3.8) is 0 Å². The van der Waals surface area contributed by atoms with Crippen molar-refractivity contribution in [2.45, 2.75) is 19.0 Å². The Kier molecular flexibility index (Phi) is 5.25. The van der Waals surface area contributed by atoms with Crippen molar-refractivity contribution >= 4 is 29.1 Å². The van der Waals surface area contributed by atoms with Gasteiger partial charge in [0.25, 0.3) is 5.91 Å². The normalized spacial score (nSPS) is 25.8. The van der Waals surface area contributed by atoms with E-state index in [0.717, 1.165) is 32.7 Å². The zero-order valence-electron chi connectivity index (χ0n) is 15.2. The van der Waals surface area contributed by atoms with E-state index in [0.29, 0.717) is 10.7 Å². The van der Waals surface area contributed by atoms with Crippen LogP contribution >= 0.6 is 11.6 Å². The fraction of sp³-hybridized carbons (Fsp3) is 0.333. The average Bonchev–Trinajstić information content (AvgIpc) is 2.97. The monoisotopic (exact) mass is 385 g/mol. The SMILES string of the molecule is O=C1C[C@@H]([NH+]2CC[NH+](Cc3ccccc3)CC2)C(=O)N1c1cccc(Cl)c1. The first-order valence-corrected chi connectivity index (χ1v) is 9.84. The summed E-state index contributed by atoms with van der Waals surface area (Å²) in [6.45, 7) is 4.86. The largest absolute Gasteiger partial charge is 0.322 e. The Hall–Kier alpha value is -2.21. The van der Waals surface area contributed by atoms with Crippen molar-refractivity contribution in [3.05, 3.63) is 65.2 Å². The molecule has 2 amide bonds. The number of imide groups is 1. The molecule has 2 saturated heterocycles. The van der Waals surface area contributed by atoms with Crippen LogP contribution < -0.4 is 14.7 Å². The van der Waals surface area contributed by atoms with Gasteiger partial charge in [0.05, 0.1) is 12.1 Å². The van der Waals surface area contributed by atoms with E-state index in [2.05, 4.69) is 24.3 Å². The van der Waals surface area contributed by atoms with Crippen molar-refractivity contribution in [1.29, 1.82) is 0 Å². The fourth-order valence-electron chi connectivity index (χ4n) is 4.17. The Morgan fingerprint density at radius 2 is 1.70 bits per heavy atom. The fourth-order valence-corrected chi connectivity index (χ4v) is 4.36. The molecule has 27 heavy (non-hydrogen) atoms. The smallest absolute Gasteiger partial charge is 0.292 e. The molecule has 2 aliphatic heterocycles. The van der Waals surface area contributed by atoms with Crippen LogP contribution in [0, 0.1) is 0 Å². The molecule has 0 saturated carbocycles. The predicted molar refractivity (Wildman–Crippen MR) is 104 cm³/mol. The van der Waals surface area contributed by atoms with E-state index in [-0.39, 0.29) is 24.3 Å². The third-order valence-electron chi connectivity index (χ3n) is 5.60. The first-order chi connectivity index (χ1) is 13.1. The maximum atomic E-state index is 12.9. The lowest BCUT2D eigenvalue weighted by Gasteiger charge is -2.32. The highest BCUT2D eigenvalue weighted by Gasteiger charge is 2.46. The van der Waals surface area contributed by atoms with Crippen LogP contribution in [0.4, 0.5) is 5.69 Å². The number of carbonyl (C=O) groups is 2. The van der Waals surface area contributed by atoms with Gasteiger partial charge in [0, 0.05) is 10.6 Å². The second kappa shape index (κ2) is 7.80. The summed E-state index contributed by atoms with van der Waals surface area (Å²) in [5.74, 6) is -0.220. The Balaban J connectivity index is 1.39. The topological polar surface area (TPSA) is 46.3 Å². The predicted octanol–water partition coefficient (Wildman–Crippen LogP) is -0.0445. The number of hydrogen-bond acceptors (Lipinski definition) is 2. The van der Waals surface area contributed by atoms with Gasteiger partial charge in [0.2, 0.25) is 5.91 Å². The van der Waals surface area contributed by atoms with E-state index in [4.69, 9.17) is 11.6 Å². The summed E-state index contributed by atoms with van der Waals surface area (Å²) < 4.78 is 0. The summed E-state index contributed by atoms with van der Waals surface area (Å²) in [5.41, 5.74) is 1.92. The molecule has 2 heterocycles. The number of carbonyl (C=O) groups excluding carboxylic acids is 2. The maximum Gasteiger partial charge on any atom is 0.292 e. The number of anilines is 1. The van der Waals surface area contributed by atoms with Crippen molar-refractivity contribution in [2.75, 3.05) is 31.1 Å². The highest BCUT2D eigenvalue weighted by Crippen LogP contribution is 2.24. The van der Waals surface area contributed by atoms with Gasteiger partial charge in [-0.25, -0.2) is 4.90 Å². The average molecular weight is 386 g/mol. The van der Waals surface area contributed by atoms with Crippen LogP contribution in [0.15, 0.2) is 54.6 Å². The first-order valence-electron chi connectivity index (χ1n) is 9.46. The molecule has 6 heteroatoms. The molecule has 2 fully saturated rings. The van der Waals surface area contributed by atoms with Crippen molar-refractivity contribution in [2.24, 2.45) is 0 Å². The third-order valence-corrected chi connectivity index (χ3v) is 5.84. The lowest BCUT2D eigenvalue weighted by molar-refractivity contribution is -1.02. The minimum atomic E-state index is -0.269. The van der Waals surface area contributed by atoms with Crippen molar-refractivity contribution in [1.82, 2.24) is 0 Å². The Morgan fingerprint density at radius 1 is 0.963 bits per heavy atom. The molecule has 2 aromatic carbocycles. The number of piperazine rings is 1. The van der Waals surface area contributed by atoms with Crippen LogP contribution in [0.3, 0.4) is 0 Å². The van der Waals surface area contributed by atoms with E-state index in [1.54, 1.807) is 24.3 Å². The molecule has 0 bridgehead atoms. The summed E-state index contributed by atoms with van der Waals surface area (Å²) in [5, 5.41) is 0.530. The standard InChI is InChI=1S/C21H22ClN3O2/c22-17-7-4-8-18(13-17)25-20(26)14-19(21(25)27)24-11-9-23(10-12-24)15-16-5-2-1-3-6-16/h1-8,13,19H,9-12,14-15H2/p+2/t19-/m1/s1. The van der Waals surface area contributed by atoms with Gasteiger partial charge in [-0.3, -0.25) is 9.59 Å². The van der Waals surface area contributed by atoms with Gasteiger partial charge in [0.15, 0.2) is 6.04 Å². The van der Waals surface area contributed by atoms with E-state index in [1.165, 1.54) is 20.3 Å². The van der Waals surface area contributed by atoms with Crippen LogP contribution in [0.1, 0.15) is 12.0 Å². The van der Waals surface area contributed by atoms with Gasteiger partial charge in [-0.1, -0.05) is 48.0 Å². The molecular formula is C21H24ClN3O2+2. The van der Waals surface area contributed by atoms with E-state index in [9.17, 15) is 9.59 Å². The van der Waals surface area contributed by atoms with Gasteiger partial charge in [0.1, 0.15) is 32.7 Å². The molecule has 4 rings (SSSR count). The van der Waals surface area contributed by atoms with Crippen LogP contribution in [0.25, 0.3) is 0 Å². The minimum Gasteiger partial charge on any atom is -0.322 e. The van der Waals surface area contributed by atoms with Crippen LogP contribution in [-0.2, 0) is 16.1 Å². The molecule has 0 aliphatic carbocycles. The second-order valence-electron chi connectivity index (χ2n) is 7.37. The second-order valence-corrected chi connectivity index (χ2v) is 7.81. The maximum absolute atomic E-state index is 12.9. The molecule has 140 valence electrons. The lowest BCUT2D eigenvalue weighted by atomic mass is 10.1. The van der Waals surface area contributed by atoms with Crippen LogP contribution in [-0.4, -0.2) is 44.0 Å². The summed E-state index contributed by atoms with van der Waals surface area (Å²) >= 11 is 6.03. The molecule has 0 radical (unpaired) electrons. The summed E-state index contributed by atoms with van der Waals surface area (Å²) in [4.78, 5) is 29.5. The van der Waals surface area contributed by atoms with Gasteiger partial charge >= 0.3 is 0 Å². The Morgan fingerprint density at radius 3 is 2.41 bits per heavy atom. The van der Waals surface area contributed by atoms with E-state index >= 15 is 0 Å². The molecular weight excluding hydrogens is 362 g/mol. The third kappa shape index (κ3) is 3.90.